The lowest BCUT2D eigenvalue weighted by Gasteiger charge is -2.09. The summed E-state index contributed by atoms with van der Waals surface area (Å²) in [7, 11) is -2.01. The number of ether oxygens (including phenoxy) is 2. The highest BCUT2D eigenvalue weighted by molar-refractivity contribution is 7.89. The maximum Gasteiger partial charge on any atom is 0.240 e. The number of hydrogen-bond donors (Lipinski definition) is 2. The van der Waals surface area contributed by atoms with Gasteiger partial charge in [0.15, 0.2) is 0 Å². The second-order valence-corrected chi connectivity index (χ2v) is 5.78. The Morgan fingerprint density at radius 1 is 1.26 bits per heavy atom. The first kappa shape index (κ1) is 15.9. The number of methoxy groups -OCH3 is 1. The van der Waals surface area contributed by atoms with Crippen molar-refractivity contribution in [2.24, 2.45) is 0 Å². The minimum Gasteiger partial charge on any atom is -0.491 e. The third kappa shape index (κ3) is 5.56. The number of hydrogen-bond acceptors (Lipinski definition) is 5. The number of nitrogens with one attached hydrogen (secondary N) is 1. The predicted octanol–water partition coefficient (Wildman–Crippen LogP) is 0.371. The van der Waals surface area contributed by atoms with Crippen molar-refractivity contribution < 1.29 is 23.0 Å². The molecular weight excluding hydrogens is 270 g/mol. The molecule has 6 nitrogen and oxygen atoms in total. The van der Waals surface area contributed by atoms with E-state index in [1.54, 1.807) is 19.2 Å². The van der Waals surface area contributed by atoms with Crippen LogP contribution >= 0.6 is 0 Å². The normalized spacial score (nSPS) is 13.2. The molecule has 0 radical (unpaired) electrons. The Morgan fingerprint density at radius 3 is 2.42 bits per heavy atom. The first-order chi connectivity index (χ1) is 8.95. The molecule has 0 heterocycles. The zero-order valence-corrected chi connectivity index (χ0v) is 11.8. The molecule has 0 amide bonds. The third-order valence-corrected chi connectivity index (χ3v) is 3.70. The van der Waals surface area contributed by atoms with Gasteiger partial charge in [-0.25, -0.2) is 13.1 Å². The zero-order chi connectivity index (χ0) is 14.3. The largest absolute Gasteiger partial charge is 0.491 e. The van der Waals surface area contributed by atoms with Gasteiger partial charge < -0.3 is 14.6 Å². The first-order valence-electron chi connectivity index (χ1n) is 5.85. The van der Waals surface area contributed by atoms with E-state index in [9.17, 15) is 8.42 Å². The monoisotopic (exact) mass is 289 g/mol. The lowest BCUT2D eigenvalue weighted by Crippen LogP contribution is -2.30. The van der Waals surface area contributed by atoms with Gasteiger partial charge in [-0.3, -0.25) is 0 Å². The second-order valence-electron chi connectivity index (χ2n) is 4.01. The minimum atomic E-state index is -3.59. The molecule has 0 aliphatic heterocycles. The number of benzene rings is 1. The molecule has 1 aromatic carbocycles. The Hall–Kier alpha value is -1.15. The molecule has 0 aromatic heterocycles. The van der Waals surface area contributed by atoms with E-state index in [2.05, 4.69) is 4.72 Å². The van der Waals surface area contributed by atoms with Crippen molar-refractivity contribution in [3.05, 3.63) is 24.3 Å². The summed E-state index contributed by atoms with van der Waals surface area (Å²) in [4.78, 5) is 0.132. The lowest BCUT2D eigenvalue weighted by molar-refractivity contribution is 0.146. The molecule has 0 saturated heterocycles. The summed E-state index contributed by atoms with van der Waals surface area (Å²) < 4.78 is 36.1. The van der Waals surface area contributed by atoms with E-state index in [1.807, 2.05) is 0 Å². The van der Waals surface area contributed by atoms with E-state index in [-0.39, 0.29) is 11.4 Å². The van der Waals surface area contributed by atoms with Gasteiger partial charge in [-0.05, 0) is 31.2 Å². The summed E-state index contributed by atoms with van der Waals surface area (Å²) in [6.07, 6.45) is -0.730. The molecule has 0 bridgehead atoms. The molecule has 1 rings (SSSR count). The van der Waals surface area contributed by atoms with Gasteiger partial charge >= 0.3 is 0 Å². The minimum absolute atomic E-state index is 0.0194. The van der Waals surface area contributed by atoms with Crippen LogP contribution < -0.4 is 9.46 Å². The Balaban J connectivity index is 2.64. The van der Waals surface area contributed by atoms with Crippen molar-refractivity contribution in [3.8, 4) is 5.75 Å². The number of rotatable bonds is 8. The van der Waals surface area contributed by atoms with Gasteiger partial charge in [0.25, 0.3) is 0 Å². The highest BCUT2D eigenvalue weighted by Gasteiger charge is 2.14. The fourth-order valence-electron chi connectivity index (χ4n) is 1.27. The molecule has 19 heavy (non-hydrogen) atoms. The fourth-order valence-corrected chi connectivity index (χ4v) is 2.39. The summed E-state index contributed by atoms with van der Waals surface area (Å²) in [5, 5.41) is 9.07. The van der Waals surface area contributed by atoms with Crippen molar-refractivity contribution in [1.82, 2.24) is 4.72 Å². The average Bonchev–Trinajstić information content (AvgIpc) is 2.37. The molecule has 0 aliphatic carbocycles. The number of sulfonamides is 1. The van der Waals surface area contributed by atoms with Gasteiger partial charge in [-0.15, -0.1) is 0 Å². The summed E-state index contributed by atoms with van der Waals surface area (Å²) in [6, 6.07) is 6.05. The van der Waals surface area contributed by atoms with E-state index in [0.29, 0.717) is 19.0 Å². The quantitative estimate of drug-likeness (QED) is 0.675. The van der Waals surface area contributed by atoms with Crippen LogP contribution in [0.5, 0.6) is 5.75 Å². The molecule has 1 aromatic rings. The van der Waals surface area contributed by atoms with E-state index in [0.717, 1.165) is 0 Å². The van der Waals surface area contributed by atoms with Gasteiger partial charge in [0, 0.05) is 13.7 Å². The number of aliphatic hydroxyl groups is 1. The van der Waals surface area contributed by atoms with Gasteiger partial charge in [-0.1, -0.05) is 0 Å². The van der Waals surface area contributed by atoms with E-state index in [1.165, 1.54) is 19.1 Å². The molecule has 0 unspecified atom stereocenters. The summed E-state index contributed by atoms with van der Waals surface area (Å²) in [5.41, 5.74) is 0. The van der Waals surface area contributed by atoms with E-state index < -0.39 is 16.1 Å². The molecule has 2 N–H and O–H groups in total. The topological polar surface area (TPSA) is 84.9 Å². The molecule has 1 atom stereocenters. The maximum absolute atomic E-state index is 11.8. The van der Waals surface area contributed by atoms with Crippen molar-refractivity contribution >= 4 is 10.0 Å². The second kappa shape index (κ2) is 7.44. The predicted molar refractivity (Wildman–Crippen MR) is 70.7 cm³/mol. The molecule has 0 aliphatic rings. The van der Waals surface area contributed by atoms with Gasteiger partial charge in [-0.2, -0.15) is 0 Å². The van der Waals surface area contributed by atoms with Crippen molar-refractivity contribution in [2.45, 2.75) is 17.9 Å². The Kier molecular flexibility index (Phi) is 6.23. The molecule has 108 valence electrons. The van der Waals surface area contributed by atoms with E-state index in [4.69, 9.17) is 14.6 Å². The summed E-state index contributed by atoms with van der Waals surface area (Å²) in [6.45, 7) is 2.36. The Bertz CT molecular complexity index is 469. The van der Waals surface area contributed by atoms with Gasteiger partial charge in [0.05, 0.1) is 17.6 Å². The van der Waals surface area contributed by atoms with E-state index >= 15 is 0 Å². The smallest absolute Gasteiger partial charge is 0.240 e. The van der Waals surface area contributed by atoms with Crippen molar-refractivity contribution in [2.75, 3.05) is 26.9 Å². The van der Waals surface area contributed by atoms with Crippen LogP contribution in [0.3, 0.4) is 0 Å². The van der Waals surface area contributed by atoms with Gasteiger partial charge in [0.1, 0.15) is 12.4 Å². The van der Waals surface area contributed by atoms with Crippen LogP contribution in [-0.2, 0) is 14.8 Å². The van der Waals surface area contributed by atoms with Crippen LogP contribution in [0.2, 0.25) is 0 Å². The molecule has 0 saturated carbocycles. The third-order valence-electron chi connectivity index (χ3n) is 2.26. The van der Waals surface area contributed by atoms with Crippen molar-refractivity contribution in [3.63, 3.8) is 0 Å². The van der Waals surface area contributed by atoms with Crippen LogP contribution in [-0.4, -0.2) is 46.5 Å². The standard InChI is InChI=1S/C12H19NO5S/c1-10(14)9-13-19(15,16)12-5-3-11(4-6-12)18-8-7-17-2/h3-6,10,13-14H,7-9H2,1-2H3/t10-/m0/s1. The molecular formula is C12H19NO5S. The number of aliphatic hydroxyl groups excluding tert-OH is 1. The maximum atomic E-state index is 11.8. The van der Waals surface area contributed by atoms with Crippen LogP contribution in [0.25, 0.3) is 0 Å². The fraction of sp³-hybridized carbons (Fsp3) is 0.500. The Labute approximate surface area is 113 Å². The molecule has 7 heteroatoms. The van der Waals surface area contributed by atoms with Gasteiger partial charge in [0.2, 0.25) is 10.0 Å². The lowest BCUT2D eigenvalue weighted by atomic mass is 10.3. The molecule has 0 fully saturated rings. The van der Waals surface area contributed by atoms with Crippen LogP contribution in [0, 0.1) is 0 Å². The highest BCUT2D eigenvalue weighted by atomic mass is 32.2. The van der Waals surface area contributed by atoms with Crippen LogP contribution in [0.1, 0.15) is 6.92 Å². The SMILES string of the molecule is COCCOc1ccc(S(=O)(=O)NC[C@H](C)O)cc1. The Morgan fingerprint density at radius 2 is 1.89 bits per heavy atom. The van der Waals surface area contributed by atoms with Crippen LogP contribution in [0.4, 0.5) is 0 Å². The summed E-state index contributed by atoms with van der Waals surface area (Å²) >= 11 is 0. The first-order valence-corrected chi connectivity index (χ1v) is 7.33. The summed E-state index contributed by atoms with van der Waals surface area (Å²) in [5.74, 6) is 0.575. The zero-order valence-electron chi connectivity index (χ0n) is 11.0. The average molecular weight is 289 g/mol. The van der Waals surface area contributed by atoms with Crippen LogP contribution in [0.15, 0.2) is 29.2 Å². The van der Waals surface area contributed by atoms with Crippen molar-refractivity contribution in [1.29, 1.82) is 0 Å². The highest BCUT2D eigenvalue weighted by Crippen LogP contribution is 2.15. The molecule has 0 spiro atoms.